The van der Waals surface area contributed by atoms with E-state index in [1.807, 2.05) is 25.3 Å². The topological polar surface area (TPSA) is 70.8 Å². The molecule has 0 bridgehead atoms. The van der Waals surface area contributed by atoms with E-state index in [1.54, 1.807) is 16.2 Å². The Bertz CT molecular complexity index is 617. The van der Waals surface area contributed by atoms with Crippen LogP contribution in [0.25, 0.3) is 0 Å². The van der Waals surface area contributed by atoms with Gasteiger partial charge >= 0.3 is 5.97 Å². The summed E-state index contributed by atoms with van der Waals surface area (Å²) in [6.45, 7) is 4.40. The number of nitrogens with zero attached hydrogens (tertiary/aromatic N) is 1. The van der Waals surface area contributed by atoms with Gasteiger partial charge in [0.1, 0.15) is 0 Å². The summed E-state index contributed by atoms with van der Waals surface area (Å²) < 4.78 is 5.09. The lowest BCUT2D eigenvalue weighted by molar-refractivity contribution is 0.0635. The monoisotopic (exact) mass is 307 g/mol. The molecule has 1 atom stereocenters. The van der Waals surface area contributed by atoms with Gasteiger partial charge in [-0.3, -0.25) is 4.79 Å². The Balaban J connectivity index is 2.11. The summed E-state index contributed by atoms with van der Waals surface area (Å²) >= 11 is 1.62. The molecule has 1 amide bonds. The summed E-state index contributed by atoms with van der Waals surface area (Å²) in [4.78, 5) is 24.9. The van der Waals surface area contributed by atoms with Gasteiger partial charge in [-0.25, -0.2) is 4.79 Å². The molecule has 0 radical (unpaired) electrons. The van der Waals surface area contributed by atoms with Gasteiger partial charge in [0.15, 0.2) is 5.76 Å². The van der Waals surface area contributed by atoms with Crippen LogP contribution < -0.4 is 0 Å². The zero-order valence-corrected chi connectivity index (χ0v) is 12.7. The molecule has 112 valence electrons. The minimum atomic E-state index is -1.18. The first-order valence-electron chi connectivity index (χ1n) is 6.68. The summed E-state index contributed by atoms with van der Waals surface area (Å²) in [7, 11) is 0. The number of amides is 1. The molecule has 2 aromatic heterocycles. The van der Waals surface area contributed by atoms with Crippen molar-refractivity contribution >= 4 is 23.2 Å². The molecule has 6 heteroatoms. The molecule has 2 rings (SSSR count). The molecule has 0 saturated carbocycles. The molecular weight excluding hydrogens is 290 g/mol. The van der Waals surface area contributed by atoms with Gasteiger partial charge in [0.2, 0.25) is 5.76 Å². The van der Waals surface area contributed by atoms with E-state index in [9.17, 15) is 9.59 Å². The SMILES string of the molecule is CCN(C(=O)c1ccc(C(=O)O)o1)[C@H](C)Cc1ccsc1. The van der Waals surface area contributed by atoms with Crippen LogP contribution in [0.3, 0.4) is 0 Å². The van der Waals surface area contributed by atoms with Gasteiger partial charge in [-0.05, 0) is 54.8 Å². The first-order chi connectivity index (χ1) is 10.0. The van der Waals surface area contributed by atoms with Gasteiger partial charge in [0, 0.05) is 12.6 Å². The standard InChI is InChI=1S/C15H17NO4S/c1-3-16(10(2)8-11-6-7-21-9-11)14(17)12-4-5-13(20-12)15(18)19/h4-7,9-10H,3,8H2,1-2H3,(H,18,19)/t10-/m1/s1. The second-order valence-corrected chi connectivity index (χ2v) is 5.52. The third-order valence-electron chi connectivity index (χ3n) is 3.27. The van der Waals surface area contributed by atoms with Gasteiger partial charge in [0.25, 0.3) is 5.91 Å². The Hall–Kier alpha value is -2.08. The van der Waals surface area contributed by atoms with Crippen molar-refractivity contribution in [3.63, 3.8) is 0 Å². The summed E-state index contributed by atoms with van der Waals surface area (Å²) in [5, 5.41) is 12.9. The first kappa shape index (κ1) is 15.3. The van der Waals surface area contributed by atoms with E-state index in [2.05, 4.69) is 5.38 Å². The molecular formula is C15H17NO4S. The van der Waals surface area contributed by atoms with Crippen LogP contribution in [-0.4, -0.2) is 34.5 Å². The lowest BCUT2D eigenvalue weighted by Crippen LogP contribution is -2.39. The van der Waals surface area contributed by atoms with Crippen LogP contribution in [0.2, 0.25) is 0 Å². The quantitative estimate of drug-likeness (QED) is 0.890. The maximum Gasteiger partial charge on any atom is 0.371 e. The molecule has 0 aliphatic carbocycles. The number of rotatable bonds is 6. The summed E-state index contributed by atoms with van der Waals surface area (Å²) in [6, 6.07) is 4.75. The maximum atomic E-state index is 12.4. The van der Waals surface area contributed by atoms with Gasteiger partial charge < -0.3 is 14.4 Å². The van der Waals surface area contributed by atoms with Gasteiger partial charge in [0.05, 0.1) is 0 Å². The molecule has 0 unspecified atom stereocenters. The zero-order chi connectivity index (χ0) is 15.4. The number of carbonyl (C=O) groups is 2. The number of likely N-dealkylation sites (N-methyl/N-ethyl adjacent to an activating group) is 1. The fourth-order valence-electron chi connectivity index (χ4n) is 2.22. The normalized spacial score (nSPS) is 12.1. The van der Waals surface area contributed by atoms with Crippen LogP contribution in [-0.2, 0) is 6.42 Å². The van der Waals surface area contributed by atoms with Crippen LogP contribution in [0.4, 0.5) is 0 Å². The molecule has 0 saturated heterocycles. The number of carbonyl (C=O) groups excluding carboxylic acids is 1. The molecule has 2 heterocycles. The lowest BCUT2D eigenvalue weighted by Gasteiger charge is -2.27. The highest BCUT2D eigenvalue weighted by atomic mass is 32.1. The van der Waals surface area contributed by atoms with Crippen molar-refractivity contribution in [2.24, 2.45) is 0 Å². The number of hydrogen-bond donors (Lipinski definition) is 1. The Morgan fingerprint density at radius 2 is 2.05 bits per heavy atom. The molecule has 0 aromatic carbocycles. The van der Waals surface area contributed by atoms with Crippen LogP contribution in [0.1, 0.15) is 40.5 Å². The fraction of sp³-hybridized carbons (Fsp3) is 0.333. The maximum absolute atomic E-state index is 12.4. The summed E-state index contributed by atoms with van der Waals surface area (Å²) in [5.74, 6) is -1.62. The third kappa shape index (κ3) is 3.52. The van der Waals surface area contributed by atoms with Gasteiger partial charge in [-0.1, -0.05) is 0 Å². The zero-order valence-electron chi connectivity index (χ0n) is 11.9. The third-order valence-corrected chi connectivity index (χ3v) is 4.00. The van der Waals surface area contributed by atoms with Crippen molar-refractivity contribution in [1.29, 1.82) is 0 Å². The second kappa shape index (κ2) is 6.58. The van der Waals surface area contributed by atoms with E-state index in [1.165, 1.54) is 17.7 Å². The van der Waals surface area contributed by atoms with Crippen molar-refractivity contribution in [3.05, 3.63) is 46.0 Å². The molecule has 0 aliphatic heterocycles. The molecule has 0 fully saturated rings. The molecule has 1 N–H and O–H groups in total. The fourth-order valence-corrected chi connectivity index (χ4v) is 2.91. The smallest absolute Gasteiger partial charge is 0.371 e. The predicted octanol–water partition coefficient (Wildman–Crippen LogP) is 3.13. The molecule has 0 aliphatic rings. The minimum Gasteiger partial charge on any atom is -0.475 e. The van der Waals surface area contributed by atoms with Gasteiger partial charge in [-0.2, -0.15) is 11.3 Å². The van der Waals surface area contributed by atoms with Crippen molar-refractivity contribution in [2.45, 2.75) is 26.3 Å². The number of thiophene rings is 1. The summed E-state index contributed by atoms with van der Waals surface area (Å²) in [5.41, 5.74) is 1.18. The lowest BCUT2D eigenvalue weighted by atomic mass is 10.1. The van der Waals surface area contributed by atoms with E-state index >= 15 is 0 Å². The van der Waals surface area contributed by atoms with E-state index in [0.717, 1.165) is 6.42 Å². The van der Waals surface area contributed by atoms with E-state index in [0.29, 0.717) is 6.54 Å². The van der Waals surface area contributed by atoms with E-state index < -0.39 is 5.97 Å². The highest BCUT2D eigenvalue weighted by molar-refractivity contribution is 7.07. The Morgan fingerprint density at radius 3 is 2.57 bits per heavy atom. The molecule has 0 spiro atoms. The number of carboxylic acid groups (broad SMARTS) is 1. The minimum absolute atomic E-state index is 0.00970. The Morgan fingerprint density at radius 1 is 1.33 bits per heavy atom. The summed E-state index contributed by atoms with van der Waals surface area (Å²) in [6.07, 6.45) is 0.760. The number of furan rings is 1. The van der Waals surface area contributed by atoms with E-state index in [-0.39, 0.29) is 23.5 Å². The molecule has 21 heavy (non-hydrogen) atoms. The van der Waals surface area contributed by atoms with E-state index in [4.69, 9.17) is 9.52 Å². The van der Waals surface area contributed by atoms with Crippen molar-refractivity contribution in [1.82, 2.24) is 4.90 Å². The van der Waals surface area contributed by atoms with Crippen LogP contribution in [0, 0.1) is 0 Å². The van der Waals surface area contributed by atoms with Crippen LogP contribution in [0.15, 0.2) is 33.4 Å². The Labute approximate surface area is 126 Å². The van der Waals surface area contributed by atoms with Crippen molar-refractivity contribution < 1.29 is 19.1 Å². The van der Waals surface area contributed by atoms with Gasteiger partial charge in [-0.15, -0.1) is 0 Å². The number of carboxylic acids is 1. The molecule has 5 nitrogen and oxygen atoms in total. The largest absolute Gasteiger partial charge is 0.475 e. The van der Waals surface area contributed by atoms with Crippen molar-refractivity contribution in [3.8, 4) is 0 Å². The second-order valence-electron chi connectivity index (χ2n) is 4.74. The molecule has 2 aromatic rings. The number of hydrogen-bond acceptors (Lipinski definition) is 4. The predicted molar refractivity (Wildman–Crippen MR) is 79.9 cm³/mol. The van der Waals surface area contributed by atoms with Crippen molar-refractivity contribution in [2.75, 3.05) is 6.54 Å². The van der Waals surface area contributed by atoms with Crippen LogP contribution in [0.5, 0.6) is 0 Å². The average molecular weight is 307 g/mol. The number of aromatic carboxylic acids is 1. The average Bonchev–Trinajstić information content (AvgIpc) is 3.09. The first-order valence-corrected chi connectivity index (χ1v) is 7.62. The highest BCUT2D eigenvalue weighted by Gasteiger charge is 2.24. The Kier molecular flexibility index (Phi) is 4.80. The van der Waals surface area contributed by atoms with Crippen LogP contribution >= 0.6 is 11.3 Å². The highest BCUT2D eigenvalue weighted by Crippen LogP contribution is 2.16.